The van der Waals surface area contributed by atoms with Crippen LogP contribution in [0.1, 0.15) is 31.4 Å². The van der Waals surface area contributed by atoms with Crippen molar-refractivity contribution in [3.63, 3.8) is 0 Å². The van der Waals surface area contributed by atoms with Gasteiger partial charge in [-0.2, -0.15) is 0 Å². The molecule has 1 saturated heterocycles. The zero-order chi connectivity index (χ0) is 20.7. The number of ether oxygens (including phenoxy) is 1. The van der Waals surface area contributed by atoms with Crippen LogP contribution in [0, 0.1) is 0 Å². The Morgan fingerprint density at radius 1 is 1.21 bits per heavy atom. The molecule has 1 aromatic carbocycles. The zero-order valence-electron chi connectivity index (χ0n) is 17.0. The average Bonchev–Trinajstić information content (AvgIpc) is 3.38. The fourth-order valence-corrected chi connectivity index (χ4v) is 4.37. The minimum atomic E-state index is -0.614. The van der Waals surface area contributed by atoms with E-state index in [4.69, 9.17) is 4.74 Å². The molecule has 0 saturated carbocycles. The number of carbonyl (C=O) groups is 3. The lowest BCUT2D eigenvalue weighted by Gasteiger charge is -2.31. The molecule has 29 heavy (non-hydrogen) atoms. The van der Waals surface area contributed by atoms with Crippen molar-refractivity contribution in [2.45, 2.75) is 31.8 Å². The number of para-hydroxylation sites is 1. The van der Waals surface area contributed by atoms with E-state index in [0.29, 0.717) is 17.0 Å². The summed E-state index contributed by atoms with van der Waals surface area (Å²) in [5, 5.41) is 2.91. The molecule has 0 bridgehead atoms. The summed E-state index contributed by atoms with van der Waals surface area (Å²) in [7, 11) is 3.21. The van der Waals surface area contributed by atoms with Gasteiger partial charge in [-0.1, -0.05) is 18.2 Å². The van der Waals surface area contributed by atoms with Crippen molar-refractivity contribution in [3.8, 4) is 5.75 Å². The number of hydrogen-bond donors (Lipinski definition) is 1. The van der Waals surface area contributed by atoms with Crippen LogP contribution < -0.4 is 10.1 Å². The number of nitrogens with one attached hydrogen (secondary N) is 1. The van der Waals surface area contributed by atoms with E-state index in [2.05, 4.69) is 5.32 Å². The summed E-state index contributed by atoms with van der Waals surface area (Å²) >= 11 is 0. The van der Waals surface area contributed by atoms with Crippen molar-refractivity contribution in [2.75, 3.05) is 33.8 Å². The van der Waals surface area contributed by atoms with Crippen LogP contribution in [0.25, 0.3) is 0 Å². The van der Waals surface area contributed by atoms with E-state index < -0.39 is 12.1 Å². The van der Waals surface area contributed by atoms with Gasteiger partial charge in [0.05, 0.1) is 31.0 Å². The molecule has 2 atom stereocenters. The van der Waals surface area contributed by atoms with E-state index in [1.807, 2.05) is 23.1 Å². The Bertz CT molecular complexity index is 890. The number of hydrogen-bond acceptors (Lipinski definition) is 4. The lowest BCUT2D eigenvalue weighted by atomic mass is 9.95. The summed E-state index contributed by atoms with van der Waals surface area (Å²) in [4.78, 5) is 43.7. The Hall–Kier alpha value is -3.03. The molecule has 1 fully saturated rings. The third-order valence-corrected chi connectivity index (χ3v) is 6.08. The Kier molecular flexibility index (Phi) is 4.94. The molecule has 1 aromatic rings. The second kappa shape index (κ2) is 7.42. The van der Waals surface area contributed by atoms with Crippen LogP contribution in [-0.4, -0.2) is 72.4 Å². The highest BCUT2D eigenvalue weighted by Gasteiger charge is 2.46. The summed E-state index contributed by atoms with van der Waals surface area (Å²) < 4.78 is 5.45. The van der Waals surface area contributed by atoms with E-state index in [9.17, 15) is 14.4 Å². The van der Waals surface area contributed by atoms with Gasteiger partial charge in [-0.25, -0.2) is 4.79 Å². The second-order valence-electron chi connectivity index (χ2n) is 7.69. The van der Waals surface area contributed by atoms with Gasteiger partial charge in [-0.05, 0) is 25.8 Å². The van der Waals surface area contributed by atoms with Crippen LogP contribution in [0.15, 0.2) is 35.5 Å². The van der Waals surface area contributed by atoms with Gasteiger partial charge in [0.25, 0.3) is 5.91 Å². The van der Waals surface area contributed by atoms with Crippen molar-refractivity contribution in [1.29, 1.82) is 0 Å². The van der Waals surface area contributed by atoms with Gasteiger partial charge < -0.3 is 19.9 Å². The van der Waals surface area contributed by atoms with Gasteiger partial charge in [-0.15, -0.1) is 0 Å². The molecule has 1 N–H and O–H groups in total. The topological polar surface area (TPSA) is 82.2 Å². The average molecular weight is 398 g/mol. The predicted molar refractivity (Wildman–Crippen MR) is 106 cm³/mol. The minimum absolute atomic E-state index is 0.0357. The number of benzene rings is 1. The van der Waals surface area contributed by atoms with Crippen molar-refractivity contribution < 1.29 is 19.1 Å². The molecule has 0 spiro atoms. The maximum Gasteiger partial charge on any atom is 0.322 e. The fourth-order valence-electron chi connectivity index (χ4n) is 4.37. The van der Waals surface area contributed by atoms with Crippen LogP contribution in [0.5, 0.6) is 5.75 Å². The molecule has 2 unspecified atom stereocenters. The Morgan fingerprint density at radius 3 is 2.59 bits per heavy atom. The number of urea groups is 1. The van der Waals surface area contributed by atoms with Crippen molar-refractivity contribution in [3.05, 3.63) is 41.1 Å². The number of methoxy groups -OCH3 is 1. The molecular weight excluding hydrogens is 372 g/mol. The summed E-state index contributed by atoms with van der Waals surface area (Å²) in [5.41, 5.74) is 1.85. The number of rotatable bonds is 4. The molecule has 8 heteroatoms. The highest BCUT2D eigenvalue weighted by molar-refractivity contribution is 6.03. The van der Waals surface area contributed by atoms with Gasteiger partial charge >= 0.3 is 6.03 Å². The summed E-state index contributed by atoms with van der Waals surface area (Å²) in [6, 6.07) is 5.86. The molecule has 0 aromatic heterocycles. The third kappa shape index (κ3) is 3.12. The second-order valence-corrected chi connectivity index (χ2v) is 7.69. The zero-order valence-corrected chi connectivity index (χ0v) is 17.0. The minimum Gasteiger partial charge on any atom is -0.496 e. The number of likely N-dealkylation sites (tertiary alicyclic amines) is 1. The maximum absolute atomic E-state index is 13.4. The Balaban J connectivity index is 1.67. The molecule has 3 heterocycles. The number of likely N-dealkylation sites (N-methyl/N-ethyl adjacent to an activating group) is 1. The standard InChI is InChI=1S/C21H26N4O4/c1-13(19(26)24-10-6-7-11-24)25-12-15-17(20(25)27)18(22-21(28)23(15)2)14-8-4-5-9-16(14)29-3/h4-5,8-9,13,18H,6-7,10-12H2,1-3H3,(H,22,28). The number of amides is 4. The molecule has 154 valence electrons. The van der Waals surface area contributed by atoms with Gasteiger partial charge in [0, 0.05) is 25.7 Å². The van der Waals surface area contributed by atoms with E-state index in [1.165, 1.54) is 4.90 Å². The first kappa shape index (κ1) is 19.3. The normalized spacial score (nSPS) is 22.7. The number of nitrogens with zero attached hydrogens (tertiary/aromatic N) is 3. The molecule has 0 radical (unpaired) electrons. The summed E-state index contributed by atoms with van der Waals surface area (Å²) in [5.74, 6) is 0.343. The number of carbonyl (C=O) groups excluding carboxylic acids is 3. The fraction of sp³-hybridized carbons (Fsp3) is 0.476. The molecule has 4 amide bonds. The van der Waals surface area contributed by atoms with E-state index in [1.54, 1.807) is 32.0 Å². The van der Waals surface area contributed by atoms with Gasteiger partial charge in [-0.3, -0.25) is 14.5 Å². The molecular formula is C21H26N4O4. The first-order valence-electron chi connectivity index (χ1n) is 9.94. The highest BCUT2D eigenvalue weighted by atomic mass is 16.5. The van der Waals surface area contributed by atoms with Crippen molar-refractivity contribution in [1.82, 2.24) is 20.0 Å². The first-order chi connectivity index (χ1) is 13.9. The van der Waals surface area contributed by atoms with E-state index in [0.717, 1.165) is 31.5 Å². The predicted octanol–water partition coefficient (Wildman–Crippen LogP) is 1.50. The first-order valence-corrected chi connectivity index (χ1v) is 9.94. The smallest absolute Gasteiger partial charge is 0.322 e. The van der Waals surface area contributed by atoms with E-state index >= 15 is 0 Å². The van der Waals surface area contributed by atoms with Crippen LogP contribution >= 0.6 is 0 Å². The Morgan fingerprint density at radius 2 is 1.90 bits per heavy atom. The molecule has 0 aliphatic carbocycles. The third-order valence-electron chi connectivity index (χ3n) is 6.08. The molecule has 8 nitrogen and oxygen atoms in total. The maximum atomic E-state index is 13.4. The van der Waals surface area contributed by atoms with Crippen LogP contribution in [0.3, 0.4) is 0 Å². The molecule has 3 aliphatic heterocycles. The largest absolute Gasteiger partial charge is 0.496 e. The molecule has 3 aliphatic rings. The van der Waals surface area contributed by atoms with Gasteiger partial charge in [0.1, 0.15) is 11.8 Å². The lowest BCUT2D eigenvalue weighted by molar-refractivity contribution is -0.141. The van der Waals surface area contributed by atoms with Gasteiger partial charge in [0.2, 0.25) is 5.91 Å². The lowest BCUT2D eigenvalue weighted by Crippen LogP contribution is -2.47. The highest BCUT2D eigenvalue weighted by Crippen LogP contribution is 2.39. The SMILES string of the molecule is COc1ccccc1C1NC(=O)N(C)C2=C1C(=O)N(C(C)C(=O)N1CCCC1)C2. The quantitative estimate of drug-likeness (QED) is 0.833. The van der Waals surface area contributed by atoms with Crippen LogP contribution in [0.2, 0.25) is 0 Å². The van der Waals surface area contributed by atoms with Crippen LogP contribution in [-0.2, 0) is 9.59 Å². The van der Waals surface area contributed by atoms with Crippen LogP contribution in [0.4, 0.5) is 4.79 Å². The van der Waals surface area contributed by atoms with Crippen molar-refractivity contribution >= 4 is 17.8 Å². The molecule has 4 rings (SSSR count). The van der Waals surface area contributed by atoms with Gasteiger partial charge in [0.15, 0.2) is 0 Å². The Labute approximate surface area is 170 Å². The monoisotopic (exact) mass is 398 g/mol. The summed E-state index contributed by atoms with van der Waals surface area (Å²) in [6.45, 7) is 3.49. The van der Waals surface area contributed by atoms with Crippen molar-refractivity contribution in [2.24, 2.45) is 0 Å². The summed E-state index contributed by atoms with van der Waals surface area (Å²) in [6.07, 6.45) is 2.00. The van der Waals surface area contributed by atoms with E-state index in [-0.39, 0.29) is 24.4 Å².